The van der Waals surface area contributed by atoms with Gasteiger partial charge in [0, 0.05) is 27.9 Å². The molecule has 0 saturated heterocycles. The molecule has 3 heteroatoms. The largest absolute Gasteiger partial charge is 0.455 e. The molecule has 2 heterocycles. The zero-order valence-electron chi connectivity index (χ0n) is 16.9. The zero-order valence-corrected chi connectivity index (χ0v) is 16.9. The zero-order chi connectivity index (χ0) is 20.1. The Morgan fingerprint density at radius 1 is 0.800 bits per heavy atom. The van der Waals surface area contributed by atoms with Crippen LogP contribution >= 0.6 is 0 Å². The number of nitrogens with zero attached hydrogens (tertiary/aromatic N) is 1. The molecule has 0 aliphatic heterocycles. The van der Waals surface area contributed by atoms with Gasteiger partial charge in [0.15, 0.2) is 0 Å². The molecule has 0 N–H and O–H groups in total. The fraction of sp³-hybridized carbons (Fsp3) is 0.222. The summed E-state index contributed by atoms with van der Waals surface area (Å²) in [6.45, 7) is 0. The highest BCUT2D eigenvalue weighted by Gasteiger charge is 2.28. The number of pyridine rings is 1. The molecule has 0 bridgehead atoms. The van der Waals surface area contributed by atoms with Crippen molar-refractivity contribution in [2.24, 2.45) is 0 Å². The average molecular weight is 387 g/mol. The number of rotatable bonds is 2. The van der Waals surface area contributed by atoms with E-state index in [1.54, 1.807) is 0 Å². The second-order valence-corrected chi connectivity index (χ2v) is 8.62. The highest BCUT2D eigenvalue weighted by molar-refractivity contribution is 6.16. The number of hydrogen-bond donors (Lipinski definition) is 0. The first-order chi connectivity index (χ1) is 14.7. The molecule has 144 valence electrons. The third kappa shape index (κ3) is 2.76. The molecule has 6 rings (SSSR count). The number of benzene rings is 3. The van der Waals surface area contributed by atoms with E-state index in [4.69, 9.17) is 12.3 Å². The second kappa shape index (κ2) is 6.73. The number of furan rings is 1. The van der Waals surface area contributed by atoms with Crippen molar-refractivity contribution < 1.29 is 4.42 Å². The summed E-state index contributed by atoms with van der Waals surface area (Å²) in [5.41, 5.74) is 5.06. The summed E-state index contributed by atoms with van der Waals surface area (Å²) in [7, 11) is 6.78. The molecule has 1 saturated carbocycles. The Morgan fingerprint density at radius 2 is 1.63 bits per heavy atom. The normalized spacial score (nSPS) is 16.4. The Balaban J connectivity index is 1.48. The van der Waals surface area contributed by atoms with E-state index in [0.29, 0.717) is 0 Å². The van der Waals surface area contributed by atoms with Crippen molar-refractivity contribution in [1.82, 2.24) is 4.98 Å². The molecule has 30 heavy (non-hydrogen) atoms. The Bertz CT molecular complexity index is 1390. The van der Waals surface area contributed by atoms with Crippen LogP contribution in [0.25, 0.3) is 44.0 Å². The van der Waals surface area contributed by atoms with Gasteiger partial charge in [-0.05, 0) is 46.6 Å². The van der Waals surface area contributed by atoms with Crippen LogP contribution in [0.15, 0.2) is 77.3 Å². The van der Waals surface area contributed by atoms with Crippen LogP contribution in [0.3, 0.4) is 0 Å². The molecule has 0 atom stereocenters. The van der Waals surface area contributed by atoms with E-state index < -0.39 is 0 Å². The van der Waals surface area contributed by atoms with Gasteiger partial charge in [0.25, 0.3) is 0 Å². The van der Waals surface area contributed by atoms with Crippen molar-refractivity contribution in [3.63, 3.8) is 0 Å². The molecule has 1 fully saturated rings. The topological polar surface area (TPSA) is 26.0 Å². The highest BCUT2D eigenvalue weighted by atomic mass is 16.3. The van der Waals surface area contributed by atoms with Gasteiger partial charge in [0.05, 0.1) is 13.5 Å². The lowest BCUT2D eigenvalue weighted by atomic mass is 9.57. The Morgan fingerprint density at radius 3 is 2.53 bits per heavy atom. The van der Waals surface area contributed by atoms with Crippen LogP contribution in [0.4, 0.5) is 0 Å². The summed E-state index contributed by atoms with van der Waals surface area (Å²) in [5, 5.41) is 4.41. The lowest BCUT2D eigenvalue weighted by Gasteiger charge is -2.34. The maximum atomic E-state index is 6.78. The van der Waals surface area contributed by atoms with Crippen molar-refractivity contribution in [3.05, 3.63) is 78.5 Å². The minimum absolute atomic E-state index is 0.224. The first-order valence-electron chi connectivity index (χ1n) is 10.8. The maximum Gasteiger partial charge on any atom is 0.143 e. The summed E-state index contributed by atoms with van der Waals surface area (Å²) in [6.07, 6.45) is 7.68. The van der Waals surface area contributed by atoms with Gasteiger partial charge in [0.2, 0.25) is 0 Å². The van der Waals surface area contributed by atoms with Gasteiger partial charge >= 0.3 is 0 Å². The molecule has 2 radical (unpaired) electrons. The van der Waals surface area contributed by atoms with E-state index in [2.05, 4.69) is 71.7 Å². The van der Waals surface area contributed by atoms with Gasteiger partial charge in [-0.15, -0.1) is 0 Å². The third-order valence-electron chi connectivity index (χ3n) is 6.74. The van der Waals surface area contributed by atoms with Gasteiger partial charge < -0.3 is 4.42 Å². The Hall–Kier alpha value is -3.07. The minimum Gasteiger partial charge on any atom is -0.455 e. The molecule has 0 unspecified atom stereocenters. The molecule has 5 aromatic rings. The average Bonchev–Trinajstić information content (AvgIpc) is 3.18. The van der Waals surface area contributed by atoms with Gasteiger partial charge in [-0.2, -0.15) is 0 Å². The molecule has 0 amide bonds. The molecular weight excluding hydrogens is 365 g/mol. The van der Waals surface area contributed by atoms with Gasteiger partial charge in [-0.1, -0.05) is 68.5 Å². The van der Waals surface area contributed by atoms with Crippen molar-refractivity contribution in [2.45, 2.75) is 37.4 Å². The molecule has 3 aromatic carbocycles. The molecule has 2 nitrogen and oxygen atoms in total. The summed E-state index contributed by atoms with van der Waals surface area (Å²) in [5.74, 6) is 0. The Labute approximate surface area is 177 Å². The standard InChI is InChI=1S/C27H22BNO/c28-27(13-4-1-5-14-27)20-12-15-29-24(17-20)19-9-10-22-23-11-8-18-6-2-3-7-21(18)26(23)30-25(22)16-19/h2-3,6-12,15-17H,1,4-5,13-14H2. The predicted octanol–water partition coefficient (Wildman–Crippen LogP) is 7.13. The van der Waals surface area contributed by atoms with E-state index in [-0.39, 0.29) is 5.31 Å². The maximum absolute atomic E-state index is 6.78. The molecule has 1 aliphatic rings. The molecule has 2 aromatic heterocycles. The van der Waals surface area contributed by atoms with Crippen molar-refractivity contribution in [1.29, 1.82) is 0 Å². The van der Waals surface area contributed by atoms with Crippen molar-refractivity contribution >= 4 is 40.6 Å². The minimum atomic E-state index is -0.224. The van der Waals surface area contributed by atoms with Crippen LogP contribution in [0.2, 0.25) is 0 Å². The number of aromatic nitrogens is 1. The van der Waals surface area contributed by atoms with Crippen LogP contribution in [0.1, 0.15) is 37.7 Å². The monoisotopic (exact) mass is 387 g/mol. The summed E-state index contributed by atoms with van der Waals surface area (Å²) < 4.78 is 6.34. The number of fused-ring (bicyclic) bond motifs is 5. The van der Waals surface area contributed by atoms with Gasteiger partial charge in [-0.25, -0.2) is 0 Å². The van der Waals surface area contributed by atoms with Crippen LogP contribution in [-0.4, -0.2) is 12.8 Å². The highest BCUT2D eigenvalue weighted by Crippen LogP contribution is 2.39. The fourth-order valence-corrected chi connectivity index (χ4v) is 5.03. The lowest BCUT2D eigenvalue weighted by molar-refractivity contribution is 0.398. The van der Waals surface area contributed by atoms with Crippen LogP contribution in [-0.2, 0) is 5.31 Å². The smallest absolute Gasteiger partial charge is 0.143 e. The van der Waals surface area contributed by atoms with Crippen molar-refractivity contribution in [2.75, 3.05) is 0 Å². The SMILES string of the molecule is [B]C1(c2ccnc(-c3ccc4c(c3)oc3c5ccccc5ccc43)c2)CCCCC1. The Kier molecular flexibility index (Phi) is 3.99. The molecular formula is C27H22BNO. The van der Waals surface area contributed by atoms with Gasteiger partial charge in [-0.3, -0.25) is 4.98 Å². The van der Waals surface area contributed by atoms with Gasteiger partial charge in [0.1, 0.15) is 11.2 Å². The van der Waals surface area contributed by atoms with E-state index >= 15 is 0 Å². The van der Waals surface area contributed by atoms with Crippen LogP contribution < -0.4 is 0 Å². The fourth-order valence-electron chi connectivity index (χ4n) is 5.03. The third-order valence-corrected chi connectivity index (χ3v) is 6.74. The second-order valence-electron chi connectivity index (χ2n) is 8.62. The summed E-state index contributed by atoms with van der Waals surface area (Å²) in [6, 6.07) is 23.3. The van der Waals surface area contributed by atoms with E-state index in [0.717, 1.165) is 51.4 Å². The lowest BCUT2D eigenvalue weighted by Crippen LogP contribution is -2.29. The quantitative estimate of drug-likeness (QED) is 0.301. The van der Waals surface area contributed by atoms with Crippen LogP contribution in [0.5, 0.6) is 0 Å². The summed E-state index contributed by atoms with van der Waals surface area (Å²) in [4.78, 5) is 4.65. The molecule has 1 aliphatic carbocycles. The first kappa shape index (κ1) is 17.8. The summed E-state index contributed by atoms with van der Waals surface area (Å²) >= 11 is 0. The van der Waals surface area contributed by atoms with Crippen molar-refractivity contribution in [3.8, 4) is 11.3 Å². The van der Waals surface area contributed by atoms with Crippen LogP contribution in [0, 0.1) is 0 Å². The van der Waals surface area contributed by atoms with E-state index in [1.165, 1.54) is 30.2 Å². The van der Waals surface area contributed by atoms with E-state index in [1.807, 2.05) is 6.20 Å². The molecule has 0 spiro atoms. The first-order valence-corrected chi connectivity index (χ1v) is 10.8. The van der Waals surface area contributed by atoms with E-state index in [9.17, 15) is 0 Å². The number of hydrogen-bond acceptors (Lipinski definition) is 2. The predicted molar refractivity (Wildman–Crippen MR) is 125 cm³/mol.